The summed E-state index contributed by atoms with van der Waals surface area (Å²) in [5.74, 6) is 0.214. The fourth-order valence-electron chi connectivity index (χ4n) is 2.28. The van der Waals surface area contributed by atoms with Gasteiger partial charge in [-0.1, -0.05) is 13.8 Å². The summed E-state index contributed by atoms with van der Waals surface area (Å²) in [5, 5.41) is 3.11. The molecule has 0 saturated heterocycles. The van der Waals surface area contributed by atoms with E-state index in [9.17, 15) is 13.2 Å². The maximum Gasteiger partial charge on any atom is 0.243 e. The van der Waals surface area contributed by atoms with Gasteiger partial charge < -0.3 is 10.1 Å². The standard InChI is InChI=1S/C17H23N3O4S2/c1-12(2)10-20(11-16(21)19-17-18-9-13(3)25-17)26(22,23)15-7-5-14(24-4)6-8-15/h5-9,12H,10-11H2,1-4H3,(H,18,19,21). The molecule has 142 valence electrons. The summed E-state index contributed by atoms with van der Waals surface area (Å²) < 4.78 is 32.2. The molecule has 1 heterocycles. The third-order valence-corrected chi connectivity index (χ3v) is 6.11. The van der Waals surface area contributed by atoms with Crippen LogP contribution in [0.1, 0.15) is 18.7 Å². The van der Waals surface area contributed by atoms with Crippen molar-refractivity contribution in [2.45, 2.75) is 25.7 Å². The predicted molar refractivity (Wildman–Crippen MR) is 102 cm³/mol. The Bertz CT molecular complexity index is 845. The quantitative estimate of drug-likeness (QED) is 0.740. The third-order valence-electron chi connectivity index (χ3n) is 3.45. The number of sulfonamides is 1. The number of carbonyl (C=O) groups excluding carboxylic acids is 1. The summed E-state index contributed by atoms with van der Waals surface area (Å²) >= 11 is 1.34. The van der Waals surface area contributed by atoms with Crippen LogP contribution in [-0.2, 0) is 14.8 Å². The molecular weight excluding hydrogens is 374 g/mol. The lowest BCUT2D eigenvalue weighted by Gasteiger charge is -2.23. The van der Waals surface area contributed by atoms with Crippen molar-refractivity contribution < 1.29 is 17.9 Å². The minimum Gasteiger partial charge on any atom is -0.497 e. The van der Waals surface area contributed by atoms with Crippen LogP contribution in [0.4, 0.5) is 5.13 Å². The number of aromatic nitrogens is 1. The Morgan fingerprint density at radius 2 is 1.96 bits per heavy atom. The van der Waals surface area contributed by atoms with Crippen molar-refractivity contribution in [2.24, 2.45) is 5.92 Å². The summed E-state index contributed by atoms with van der Waals surface area (Å²) in [5.41, 5.74) is 0. The van der Waals surface area contributed by atoms with E-state index in [4.69, 9.17) is 4.74 Å². The second kappa shape index (κ2) is 8.61. The number of aryl methyl sites for hydroxylation is 1. The van der Waals surface area contributed by atoms with Gasteiger partial charge in [-0.3, -0.25) is 4.79 Å². The Morgan fingerprint density at radius 1 is 1.31 bits per heavy atom. The maximum atomic E-state index is 13.0. The minimum atomic E-state index is -3.80. The molecule has 0 saturated carbocycles. The first kappa shape index (κ1) is 20.3. The number of benzene rings is 1. The zero-order chi connectivity index (χ0) is 19.3. The van der Waals surface area contributed by atoms with Gasteiger partial charge in [0.2, 0.25) is 15.9 Å². The average Bonchev–Trinajstić information content (AvgIpc) is 2.98. The molecule has 9 heteroatoms. The molecule has 0 atom stereocenters. The number of methoxy groups -OCH3 is 1. The average molecular weight is 398 g/mol. The summed E-state index contributed by atoms with van der Waals surface area (Å²) in [7, 11) is -2.29. The highest BCUT2D eigenvalue weighted by Gasteiger charge is 2.27. The largest absolute Gasteiger partial charge is 0.497 e. The fourth-order valence-corrected chi connectivity index (χ4v) is 4.52. The molecule has 7 nitrogen and oxygen atoms in total. The normalized spacial score (nSPS) is 11.8. The number of hydrogen-bond acceptors (Lipinski definition) is 6. The Balaban J connectivity index is 2.20. The second-order valence-corrected chi connectivity index (χ2v) is 9.36. The van der Waals surface area contributed by atoms with Gasteiger partial charge in [0.05, 0.1) is 18.6 Å². The molecule has 0 radical (unpaired) electrons. The lowest BCUT2D eigenvalue weighted by Crippen LogP contribution is -2.40. The van der Waals surface area contributed by atoms with E-state index in [2.05, 4.69) is 10.3 Å². The van der Waals surface area contributed by atoms with E-state index < -0.39 is 15.9 Å². The first-order valence-corrected chi connectivity index (χ1v) is 10.3. The van der Waals surface area contributed by atoms with Crippen LogP contribution in [0.25, 0.3) is 0 Å². The molecule has 0 aliphatic carbocycles. The van der Waals surface area contributed by atoms with Crippen LogP contribution in [0, 0.1) is 12.8 Å². The minimum absolute atomic E-state index is 0.0675. The highest BCUT2D eigenvalue weighted by molar-refractivity contribution is 7.89. The number of carbonyl (C=O) groups is 1. The van der Waals surface area contributed by atoms with Gasteiger partial charge >= 0.3 is 0 Å². The van der Waals surface area contributed by atoms with Crippen LogP contribution in [0.5, 0.6) is 5.75 Å². The van der Waals surface area contributed by atoms with Gasteiger partial charge in [0.25, 0.3) is 0 Å². The van der Waals surface area contributed by atoms with Crippen LogP contribution in [-0.4, -0.2) is 43.8 Å². The molecule has 26 heavy (non-hydrogen) atoms. The second-order valence-electron chi connectivity index (χ2n) is 6.19. The van der Waals surface area contributed by atoms with Gasteiger partial charge in [-0.2, -0.15) is 4.31 Å². The molecule has 1 amide bonds. The molecule has 2 aromatic rings. The number of nitrogens with zero attached hydrogens (tertiary/aromatic N) is 2. The van der Waals surface area contributed by atoms with E-state index in [1.54, 1.807) is 18.3 Å². The van der Waals surface area contributed by atoms with Crippen molar-refractivity contribution in [3.8, 4) is 5.75 Å². The molecule has 0 bridgehead atoms. The number of anilines is 1. The Kier molecular flexibility index (Phi) is 6.74. The van der Waals surface area contributed by atoms with Gasteiger partial charge in [-0.05, 0) is 37.1 Å². The predicted octanol–water partition coefficient (Wildman–Crippen LogP) is 2.75. The number of hydrogen-bond donors (Lipinski definition) is 1. The number of ether oxygens (including phenoxy) is 1. The Hall–Kier alpha value is -1.97. The van der Waals surface area contributed by atoms with E-state index in [1.807, 2.05) is 20.8 Å². The van der Waals surface area contributed by atoms with E-state index >= 15 is 0 Å². The van der Waals surface area contributed by atoms with Gasteiger partial charge in [0.15, 0.2) is 5.13 Å². The first-order valence-electron chi connectivity index (χ1n) is 8.09. The highest BCUT2D eigenvalue weighted by atomic mass is 32.2. The Labute approximate surface area is 158 Å². The van der Waals surface area contributed by atoms with Crippen molar-refractivity contribution in [3.63, 3.8) is 0 Å². The molecule has 0 fully saturated rings. The molecule has 0 aliphatic heterocycles. The van der Waals surface area contributed by atoms with E-state index in [1.165, 1.54) is 34.9 Å². The van der Waals surface area contributed by atoms with E-state index in [0.29, 0.717) is 10.9 Å². The Morgan fingerprint density at radius 3 is 2.46 bits per heavy atom. The van der Waals surface area contributed by atoms with Crippen molar-refractivity contribution in [2.75, 3.05) is 25.5 Å². The lowest BCUT2D eigenvalue weighted by atomic mass is 10.2. The van der Waals surface area contributed by atoms with Crippen molar-refractivity contribution in [3.05, 3.63) is 35.3 Å². The van der Waals surface area contributed by atoms with Crippen molar-refractivity contribution in [1.29, 1.82) is 0 Å². The van der Waals surface area contributed by atoms with Crippen molar-refractivity contribution in [1.82, 2.24) is 9.29 Å². The smallest absolute Gasteiger partial charge is 0.243 e. The molecule has 0 aliphatic rings. The third kappa shape index (κ3) is 5.26. The molecule has 2 rings (SSSR count). The monoisotopic (exact) mass is 397 g/mol. The van der Waals surface area contributed by atoms with Crippen LogP contribution < -0.4 is 10.1 Å². The SMILES string of the molecule is COc1ccc(S(=O)(=O)N(CC(=O)Nc2ncc(C)s2)CC(C)C)cc1. The maximum absolute atomic E-state index is 13.0. The fraction of sp³-hybridized carbons (Fsp3) is 0.412. The van der Waals surface area contributed by atoms with Gasteiger partial charge in [0.1, 0.15) is 5.75 Å². The summed E-state index contributed by atoms with van der Waals surface area (Å²) in [6, 6.07) is 6.12. The van der Waals surface area contributed by atoms with Crippen LogP contribution in [0.3, 0.4) is 0 Å². The highest BCUT2D eigenvalue weighted by Crippen LogP contribution is 2.21. The van der Waals surface area contributed by atoms with Crippen LogP contribution in [0.15, 0.2) is 35.4 Å². The molecule has 0 unspecified atom stereocenters. The summed E-state index contributed by atoms with van der Waals surface area (Å²) in [6.07, 6.45) is 1.65. The van der Waals surface area contributed by atoms with Crippen LogP contribution in [0.2, 0.25) is 0 Å². The molecule has 1 aromatic carbocycles. The summed E-state index contributed by atoms with van der Waals surface area (Å²) in [6.45, 7) is 5.65. The first-order chi connectivity index (χ1) is 12.2. The van der Waals surface area contributed by atoms with E-state index in [0.717, 1.165) is 4.88 Å². The topological polar surface area (TPSA) is 88.6 Å². The summed E-state index contributed by atoms with van der Waals surface area (Å²) in [4.78, 5) is 17.5. The van der Waals surface area contributed by atoms with Gasteiger partial charge in [0, 0.05) is 17.6 Å². The molecule has 0 spiro atoms. The zero-order valence-electron chi connectivity index (χ0n) is 15.2. The molecule has 1 aromatic heterocycles. The van der Waals surface area contributed by atoms with Gasteiger partial charge in [-0.25, -0.2) is 13.4 Å². The molecular formula is C17H23N3O4S2. The lowest BCUT2D eigenvalue weighted by molar-refractivity contribution is -0.116. The van der Waals surface area contributed by atoms with Gasteiger partial charge in [-0.15, -0.1) is 11.3 Å². The number of rotatable bonds is 8. The number of thiazole rings is 1. The van der Waals surface area contributed by atoms with Crippen LogP contribution >= 0.6 is 11.3 Å². The van der Waals surface area contributed by atoms with Crippen molar-refractivity contribution >= 4 is 32.4 Å². The zero-order valence-corrected chi connectivity index (χ0v) is 16.9. The number of nitrogens with one attached hydrogen (secondary N) is 1. The molecule has 1 N–H and O–H groups in total. The van der Waals surface area contributed by atoms with E-state index in [-0.39, 0.29) is 23.9 Å². The number of amides is 1.